The molecule has 1 aliphatic carbocycles. The monoisotopic (exact) mass is 490 g/mol. The average molecular weight is 491 g/mol. The SMILES string of the molecule is CCC(Sc1cccc(NC(=O)C2CCCCC2)c1)C(=O)Nc1cc(Cl)c(OC)cc1OC. The van der Waals surface area contributed by atoms with E-state index in [0.717, 1.165) is 36.3 Å². The summed E-state index contributed by atoms with van der Waals surface area (Å²) in [7, 11) is 3.05. The molecule has 1 unspecified atom stereocenters. The molecule has 3 rings (SSSR count). The third-order valence-electron chi connectivity index (χ3n) is 5.75. The summed E-state index contributed by atoms with van der Waals surface area (Å²) in [4.78, 5) is 26.5. The van der Waals surface area contributed by atoms with Gasteiger partial charge in [0.1, 0.15) is 11.5 Å². The van der Waals surface area contributed by atoms with Crippen LogP contribution in [-0.4, -0.2) is 31.3 Å². The van der Waals surface area contributed by atoms with Crippen LogP contribution in [0.1, 0.15) is 45.4 Å². The average Bonchev–Trinajstić information content (AvgIpc) is 2.83. The van der Waals surface area contributed by atoms with Crippen LogP contribution >= 0.6 is 23.4 Å². The Kier molecular flexibility index (Phi) is 9.32. The molecule has 0 bridgehead atoms. The maximum atomic E-state index is 13.0. The van der Waals surface area contributed by atoms with E-state index in [2.05, 4.69) is 10.6 Å². The van der Waals surface area contributed by atoms with Gasteiger partial charge in [0.2, 0.25) is 11.8 Å². The molecule has 1 fully saturated rings. The van der Waals surface area contributed by atoms with Gasteiger partial charge in [-0.15, -0.1) is 11.8 Å². The largest absolute Gasteiger partial charge is 0.495 e. The number of hydrogen-bond donors (Lipinski definition) is 2. The van der Waals surface area contributed by atoms with Crippen LogP contribution in [0.5, 0.6) is 11.5 Å². The van der Waals surface area contributed by atoms with Gasteiger partial charge in [-0.25, -0.2) is 0 Å². The predicted octanol–water partition coefficient (Wildman–Crippen LogP) is 6.39. The van der Waals surface area contributed by atoms with Gasteiger partial charge in [0.25, 0.3) is 0 Å². The molecular weight excluding hydrogens is 460 g/mol. The summed E-state index contributed by atoms with van der Waals surface area (Å²) in [6, 6.07) is 10.9. The molecule has 33 heavy (non-hydrogen) atoms. The minimum atomic E-state index is -0.333. The van der Waals surface area contributed by atoms with Gasteiger partial charge in [0.15, 0.2) is 0 Å². The highest BCUT2D eigenvalue weighted by Crippen LogP contribution is 2.37. The first kappa shape index (κ1) is 25.2. The van der Waals surface area contributed by atoms with Crippen molar-refractivity contribution in [1.29, 1.82) is 0 Å². The van der Waals surface area contributed by atoms with Crippen molar-refractivity contribution in [2.75, 3.05) is 24.9 Å². The van der Waals surface area contributed by atoms with Crippen molar-refractivity contribution in [2.24, 2.45) is 5.92 Å². The van der Waals surface area contributed by atoms with Gasteiger partial charge in [-0.3, -0.25) is 9.59 Å². The fraction of sp³-hybridized carbons (Fsp3) is 0.440. The van der Waals surface area contributed by atoms with Crippen LogP contribution in [0.4, 0.5) is 11.4 Å². The summed E-state index contributed by atoms with van der Waals surface area (Å²) in [6.07, 6.45) is 5.98. The third-order valence-corrected chi connectivity index (χ3v) is 7.40. The van der Waals surface area contributed by atoms with Gasteiger partial charge in [0, 0.05) is 22.6 Å². The minimum Gasteiger partial charge on any atom is -0.495 e. The van der Waals surface area contributed by atoms with E-state index in [1.165, 1.54) is 32.4 Å². The molecule has 0 radical (unpaired) electrons. The van der Waals surface area contributed by atoms with Crippen LogP contribution in [0.3, 0.4) is 0 Å². The summed E-state index contributed by atoms with van der Waals surface area (Å²) in [5.74, 6) is 0.969. The standard InChI is InChI=1S/C25H31ClN2O4S/c1-4-23(25(30)28-20-14-19(26)21(31-2)15-22(20)32-3)33-18-12-8-11-17(13-18)27-24(29)16-9-6-5-7-10-16/h8,11-16,23H,4-7,9-10H2,1-3H3,(H,27,29)(H,28,30). The molecule has 2 amide bonds. The lowest BCUT2D eigenvalue weighted by Gasteiger charge is -2.21. The van der Waals surface area contributed by atoms with E-state index in [1.54, 1.807) is 12.1 Å². The lowest BCUT2D eigenvalue weighted by molar-refractivity contribution is -0.120. The Morgan fingerprint density at radius 1 is 1.06 bits per heavy atom. The van der Waals surface area contributed by atoms with Crippen molar-refractivity contribution in [3.05, 3.63) is 41.4 Å². The number of anilines is 2. The second-order valence-electron chi connectivity index (χ2n) is 8.04. The van der Waals surface area contributed by atoms with Crippen molar-refractivity contribution >= 4 is 46.6 Å². The lowest BCUT2D eigenvalue weighted by atomic mass is 9.88. The number of halogens is 1. The quantitative estimate of drug-likeness (QED) is 0.398. The first-order chi connectivity index (χ1) is 15.9. The Balaban J connectivity index is 1.67. The Hall–Kier alpha value is -2.38. The second-order valence-corrected chi connectivity index (χ2v) is 9.73. The molecular formula is C25H31ClN2O4S. The Morgan fingerprint density at radius 2 is 1.79 bits per heavy atom. The summed E-state index contributed by atoms with van der Waals surface area (Å²) >= 11 is 7.68. The van der Waals surface area contributed by atoms with Crippen LogP contribution < -0.4 is 20.1 Å². The number of carbonyl (C=O) groups is 2. The topological polar surface area (TPSA) is 76.7 Å². The van der Waals surface area contributed by atoms with Crippen LogP contribution in [0.15, 0.2) is 41.3 Å². The Morgan fingerprint density at radius 3 is 2.45 bits per heavy atom. The molecule has 1 aliphatic rings. The zero-order valence-electron chi connectivity index (χ0n) is 19.3. The van der Waals surface area contributed by atoms with E-state index in [-0.39, 0.29) is 23.0 Å². The number of hydrogen-bond acceptors (Lipinski definition) is 5. The van der Waals surface area contributed by atoms with Gasteiger partial charge in [-0.2, -0.15) is 0 Å². The summed E-state index contributed by atoms with van der Waals surface area (Å²) in [5, 5.41) is 6.02. The molecule has 1 atom stereocenters. The van der Waals surface area contributed by atoms with Gasteiger partial charge >= 0.3 is 0 Å². The number of rotatable bonds is 9. The highest BCUT2D eigenvalue weighted by molar-refractivity contribution is 8.00. The summed E-state index contributed by atoms with van der Waals surface area (Å²) < 4.78 is 10.6. The number of thioether (sulfide) groups is 1. The zero-order chi connectivity index (χ0) is 23.8. The molecule has 2 aromatic carbocycles. The number of carbonyl (C=O) groups excluding carboxylic acids is 2. The number of methoxy groups -OCH3 is 2. The van der Waals surface area contributed by atoms with Crippen molar-refractivity contribution in [1.82, 2.24) is 0 Å². The Bertz CT molecular complexity index is 979. The van der Waals surface area contributed by atoms with E-state index in [9.17, 15) is 9.59 Å². The van der Waals surface area contributed by atoms with E-state index < -0.39 is 0 Å². The number of ether oxygens (including phenoxy) is 2. The molecule has 2 N–H and O–H groups in total. The maximum absolute atomic E-state index is 13.0. The molecule has 0 saturated heterocycles. The lowest BCUT2D eigenvalue weighted by Crippen LogP contribution is -2.25. The summed E-state index contributed by atoms with van der Waals surface area (Å²) in [5.41, 5.74) is 1.25. The van der Waals surface area contributed by atoms with Gasteiger partial charge in [0.05, 0.1) is 30.2 Å². The molecule has 8 heteroatoms. The van der Waals surface area contributed by atoms with Gasteiger partial charge in [-0.1, -0.05) is 43.9 Å². The first-order valence-electron chi connectivity index (χ1n) is 11.2. The number of benzene rings is 2. The van der Waals surface area contributed by atoms with Crippen molar-refractivity contribution in [3.8, 4) is 11.5 Å². The number of amides is 2. The van der Waals surface area contributed by atoms with Crippen LogP contribution in [-0.2, 0) is 9.59 Å². The molecule has 0 aliphatic heterocycles. The molecule has 1 saturated carbocycles. The maximum Gasteiger partial charge on any atom is 0.237 e. The van der Waals surface area contributed by atoms with Crippen LogP contribution in [0, 0.1) is 5.92 Å². The molecule has 2 aromatic rings. The smallest absolute Gasteiger partial charge is 0.237 e. The molecule has 6 nitrogen and oxygen atoms in total. The molecule has 0 heterocycles. The van der Waals surface area contributed by atoms with Crippen LogP contribution in [0.25, 0.3) is 0 Å². The van der Waals surface area contributed by atoms with Crippen molar-refractivity contribution in [2.45, 2.75) is 55.6 Å². The highest BCUT2D eigenvalue weighted by Gasteiger charge is 2.23. The highest BCUT2D eigenvalue weighted by atomic mass is 35.5. The zero-order valence-corrected chi connectivity index (χ0v) is 20.9. The van der Waals surface area contributed by atoms with Crippen LogP contribution in [0.2, 0.25) is 5.02 Å². The number of nitrogens with one attached hydrogen (secondary N) is 2. The second kappa shape index (κ2) is 12.2. The molecule has 178 valence electrons. The molecule has 0 aromatic heterocycles. The van der Waals surface area contributed by atoms with E-state index in [0.29, 0.717) is 28.6 Å². The fourth-order valence-corrected chi connectivity index (χ4v) is 5.17. The first-order valence-corrected chi connectivity index (χ1v) is 12.5. The van der Waals surface area contributed by atoms with Crippen molar-refractivity contribution < 1.29 is 19.1 Å². The van der Waals surface area contributed by atoms with E-state index in [4.69, 9.17) is 21.1 Å². The van der Waals surface area contributed by atoms with Crippen molar-refractivity contribution in [3.63, 3.8) is 0 Å². The summed E-state index contributed by atoms with van der Waals surface area (Å²) in [6.45, 7) is 1.96. The molecule has 0 spiro atoms. The Labute approximate surface area is 204 Å². The van der Waals surface area contributed by atoms with Gasteiger partial charge in [-0.05, 0) is 43.5 Å². The minimum absolute atomic E-state index is 0.0881. The fourth-order valence-electron chi connectivity index (χ4n) is 3.91. The van der Waals surface area contributed by atoms with Gasteiger partial charge < -0.3 is 20.1 Å². The van der Waals surface area contributed by atoms with E-state index >= 15 is 0 Å². The van der Waals surface area contributed by atoms with E-state index in [1.807, 2.05) is 31.2 Å². The normalized spacial score (nSPS) is 14.9. The third kappa shape index (κ3) is 6.81. The predicted molar refractivity (Wildman–Crippen MR) is 135 cm³/mol.